The molecule has 1 saturated carbocycles. The van der Waals surface area contributed by atoms with Gasteiger partial charge in [0.2, 0.25) is 0 Å². The first-order valence-corrected chi connectivity index (χ1v) is 8.17. The fourth-order valence-electron chi connectivity index (χ4n) is 2.54. The van der Waals surface area contributed by atoms with Gasteiger partial charge in [0.1, 0.15) is 0 Å². The van der Waals surface area contributed by atoms with Crippen molar-refractivity contribution in [1.82, 2.24) is 0 Å². The molecule has 2 atom stereocenters. The van der Waals surface area contributed by atoms with E-state index in [1.807, 2.05) is 13.8 Å². The van der Waals surface area contributed by atoms with Gasteiger partial charge in [-0.15, -0.1) is 0 Å². The van der Waals surface area contributed by atoms with Crippen LogP contribution in [0, 0.1) is 11.8 Å². The minimum absolute atomic E-state index is 0.315. The van der Waals surface area contributed by atoms with E-state index in [1.165, 1.54) is 25.7 Å². The maximum absolute atomic E-state index is 9.43. The smallest absolute Gasteiger partial charge is 0.0771 e. The Labute approximate surface area is 123 Å². The normalized spacial score (nSPS) is 26.4. The average Bonchev–Trinajstić information content (AvgIpc) is 2.48. The maximum atomic E-state index is 9.43. The van der Waals surface area contributed by atoms with Crippen molar-refractivity contribution in [2.45, 2.75) is 64.6 Å². The molecule has 0 radical (unpaired) electrons. The number of aliphatic hydroxyl groups excluding tert-OH is 2. The molecule has 0 spiro atoms. The largest absolute Gasteiger partial charge is 0.391 e. The van der Waals surface area contributed by atoms with Crippen LogP contribution in [0.4, 0.5) is 0 Å². The molecule has 2 N–H and O–H groups in total. The van der Waals surface area contributed by atoms with Crippen molar-refractivity contribution in [3.8, 4) is 0 Å². The van der Waals surface area contributed by atoms with Crippen molar-refractivity contribution in [1.29, 1.82) is 0 Å². The first kappa shape index (κ1) is 17.9. The third-order valence-corrected chi connectivity index (χ3v) is 4.24. The molecule has 0 bridgehead atoms. The monoisotopic (exact) mass is 288 g/mol. The van der Waals surface area contributed by atoms with Gasteiger partial charge in [0, 0.05) is 13.2 Å². The molecule has 2 unspecified atom stereocenters. The van der Waals surface area contributed by atoms with Crippen LogP contribution in [0.1, 0.15) is 52.4 Å². The van der Waals surface area contributed by atoms with Crippen molar-refractivity contribution >= 4 is 0 Å². The van der Waals surface area contributed by atoms with Gasteiger partial charge < -0.3 is 19.7 Å². The molecule has 4 heteroatoms. The molecule has 1 rings (SSSR count). The van der Waals surface area contributed by atoms with Crippen molar-refractivity contribution in [3.63, 3.8) is 0 Å². The first-order chi connectivity index (χ1) is 9.65. The summed E-state index contributed by atoms with van der Waals surface area (Å²) in [5.74, 6) is 1.27. The molecule has 20 heavy (non-hydrogen) atoms. The van der Waals surface area contributed by atoms with Gasteiger partial charge in [-0.25, -0.2) is 0 Å². The van der Waals surface area contributed by atoms with E-state index >= 15 is 0 Å². The second-order valence-electron chi connectivity index (χ2n) is 6.09. The van der Waals surface area contributed by atoms with Crippen LogP contribution in [0.5, 0.6) is 0 Å². The van der Waals surface area contributed by atoms with Gasteiger partial charge in [0.15, 0.2) is 0 Å². The van der Waals surface area contributed by atoms with Crippen LogP contribution in [0.15, 0.2) is 0 Å². The fourth-order valence-corrected chi connectivity index (χ4v) is 2.54. The van der Waals surface area contributed by atoms with E-state index < -0.39 is 0 Å². The van der Waals surface area contributed by atoms with E-state index in [9.17, 15) is 10.2 Å². The summed E-state index contributed by atoms with van der Waals surface area (Å²) in [5, 5.41) is 18.9. The topological polar surface area (TPSA) is 58.9 Å². The van der Waals surface area contributed by atoms with Crippen LogP contribution >= 0.6 is 0 Å². The van der Waals surface area contributed by atoms with Crippen LogP contribution in [-0.4, -0.2) is 48.8 Å². The zero-order valence-corrected chi connectivity index (χ0v) is 13.1. The van der Waals surface area contributed by atoms with Gasteiger partial charge in [0.05, 0.1) is 25.4 Å². The zero-order valence-electron chi connectivity index (χ0n) is 13.1. The van der Waals surface area contributed by atoms with Gasteiger partial charge in [0.25, 0.3) is 0 Å². The number of rotatable bonds is 10. The SMILES string of the molecule is CCC(O)COCC1CCC(COCC(O)CC)CC1. The van der Waals surface area contributed by atoms with Gasteiger partial charge in [-0.1, -0.05) is 13.8 Å². The van der Waals surface area contributed by atoms with E-state index in [4.69, 9.17) is 9.47 Å². The summed E-state index contributed by atoms with van der Waals surface area (Å²) in [6.07, 6.45) is 5.63. The predicted molar refractivity (Wildman–Crippen MR) is 79.7 cm³/mol. The highest BCUT2D eigenvalue weighted by molar-refractivity contribution is 4.72. The number of aliphatic hydroxyl groups is 2. The average molecular weight is 288 g/mol. The Bertz CT molecular complexity index is 203. The van der Waals surface area contributed by atoms with E-state index in [2.05, 4.69) is 0 Å². The van der Waals surface area contributed by atoms with Gasteiger partial charge >= 0.3 is 0 Å². The van der Waals surface area contributed by atoms with E-state index in [-0.39, 0.29) is 12.2 Å². The van der Waals surface area contributed by atoms with E-state index in [1.54, 1.807) is 0 Å². The Kier molecular flexibility index (Phi) is 9.44. The Morgan fingerprint density at radius 3 is 1.45 bits per heavy atom. The Morgan fingerprint density at radius 1 is 0.800 bits per heavy atom. The zero-order chi connectivity index (χ0) is 14.8. The molecular formula is C16H32O4. The Morgan fingerprint density at radius 2 is 1.15 bits per heavy atom. The van der Waals surface area contributed by atoms with Gasteiger partial charge in [-0.05, 0) is 50.4 Å². The van der Waals surface area contributed by atoms with Crippen molar-refractivity contribution in [3.05, 3.63) is 0 Å². The summed E-state index contributed by atoms with van der Waals surface area (Å²) >= 11 is 0. The third kappa shape index (κ3) is 7.58. The van der Waals surface area contributed by atoms with E-state index in [0.29, 0.717) is 25.0 Å². The Hall–Kier alpha value is -0.160. The van der Waals surface area contributed by atoms with Crippen LogP contribution in [0.3, 0.4) is 0 Å². The molecule has 4 nitrogen and oxygen atoms in total. The standard InChI is InChI=1S/C16H32O4/c1-3-15(17)11-19-9-13-5-7-14(8-6-13)10-20-12-16(18)4-2/h13-18H,3-12H2,1-2H3. The van der Waals surface area contributed by atoms with Crippen LogP contribution < -0.4 is 0 Å². The fraction of sp³-hybridized carbons (Fsp3) is 1.00. The van der Waals surface area contributed by atoms with Gasteiger partial charge in [-0.2, -0.15) is 0 Å². The Balaban J connectivity index is 2.02. The highest BCUT2D eigenvalue weighted by Crippen LogP contribution is 2.29. The van der Waals surface area contributed by atoms with Crippen LogP contribution in [0.25, 0.3) is 0 Å². The van der Waals surface area contributed by atoms with Crippen molar-refractivity contribution in [2.24, 2.45) is 11.8 Å². The van der Waals surface area contributed by atoms with Crippen molar-refractivity contribution < 1.29 is 19.7 Å². The molecule has 0 amide bonds. The molecule has 0 aromatic heterocycles. The molecule has 120 valence electrons. The first-order valence-electron chi connectivity index (χ1n) is 8.17. The second kappa shape index (κ2) is 10.6. The summed E-state index contributed by atoms with van der Waals surface area (Å²) in [6.45, 7) is 6.42. The molecule has 1 aliphatic carbocycles. The molecule has 0 saturated heterocycles. The minimum atomic E-state index is -0.315. The third-order valence-electron chi connectivity index (χ3n) is 4.24. The highest BCUT2D eigenvalue weighted by atomic mass is 16.5. The molecule has 0 aromatic rings. The lowest BCUT2D eigenvalue weighted by molar-refractivity contribution is -0.00432. The lowest BCUT2D eigenvalue weighted by Crippen LogP contribution is -2.25. The molecule has 0 heterocycles. The molecular weight excluding hydrogens is 256 g/mol. The van der Waals surface area contributed by atoms with E-state index in [0.717, 1.165) is 26.1 Å². The predicted octanol–water partition coefficient (Wildman–Crippen LogP) is 2.37. The summed E-state index contributed by atoms with van der Waals surface area (Å²) in [4.78, 5) is 0. The lowest BCUT2D eigenvalue weighted by Gasteiger charge is -2.28. The van der Waals surface area contributed by atoms with Crippen molar-refractivity contribution in [2.75, 3.05) is 26.4 Å². The molecule has 1 aliphatic rings. The second-order valence-corrected chi connectivity index (χ2v) is 6.09. The summed E-state index contributed by atoms with van der Waals surface area (Å²) in [5.41, 5.74) is 0. The maximum Gasteiger partial charge on any atom is 0.0771 e. The van der Waals surface area contributed by atoms with Gasteiger partial charge in [-0.3, -0.25) is 0 Å². The quantitative estimate of drug-likeness (QED) is 0.648. The minimum Gasteiger partial charge on any atom is -0.391 e. The molecule has 0 aliphatic heterocycles. The lowest BCUT2D eigenvalue weighted by atomic mass is 9.83. The van der Waals surface area contributed by atoms with Crippen LogP contribution in [0.2, 0.25) is 0 Å². The number of ether oxygens (including phenoxy) is 2. The molecule has 0 aromatic carbocycles. The highest BCUT2D eigenvalue weighted by Gasteiger charge is 2.21. The summed E-state index contributed by atoms with van der Waals surface area (Å²) in [7, 11) is 0. The number of hydrogen-bond donors (Lipinski definition) is 2. The summed E-state index contributed by atoms with van der Waals surface area (Å²) in [6, 6.07) is 0. The number of hydrogen-bond acceptors (Lipinski definition) is 4. The summed E-state index contributed by atoms with van der Waals surface area (Å²) < 4.78 is 11.1. The van der Waals surface area contributed by atoms with Crippen LogP contribution in [-0.2, 0) is 9.47 Å². The molecule has 1 fully saturated rings.